The first-order valence-corrected chi connectivity index (χ1v) is 7.22. The number of carbonyl (C=O) groups is 2. The standard InChI is InChI=1S/C15H19ClN2O2/c1-17-15(20)11-6-8-18(9-7-11)14(19)10-12-4-2-3-5-13(12)16/h2-5,11H,6-10H2,1H3,(H,17,20). The maximum Gasteiger partial charge on any atom is 0.227 e. The van der Waals surface area contributed by atoms with Gasteiger partial charge < -0.3 is 10.2 Å². The first-order chi connectivity index (χ1) is 9.61. The molecule has 2 rings (SSSR count). The van der Waals surface area contributed by atoms with Crippen LogP contribution in [0, 0.1) is 5.92 Å². The lowest BCUT2D eigenvalue weighted by Crippen LogP contribution is -2.43. The van der Waals surface area contributed by atoms with E-state index in [0.29, 0.717) is 24.5 Å². The van der Waals surface area contributed by atoms with Crippen molar-refractivity contribution in [2.45, 2.75) is 19.3 Å². The first kappa shape index (κ1) is 14.9. The third-order valence-corrected chi connectivity index (χ3v) is 4.13. The van der Waals surface area contributed by atoms with Gasteiger partial charge in [0.05, 0.1) is 6.42 Å². The Bertz CT molecular complexity index is 496. The van der Waals surface area contributed by atoms with Gasteiger partial charge >= 0.3 is 0 Å². The van der Waals surface area contributed by atoms with Gasteiger partial charge in [0.15, 0.2) is 0 Å². The van der Waals surface area contributed by atoms with Gasteiger partial charge in [-0.3, -0.25) is 9.59 Å². The van der Waals surface area contributed by atoms with E-state index in [1.54, 1.807) is 13.1 Å². The van der Waals surface area contributed by atoms with E-state index in [1.807, 2.05) is 23.1 Å². The number of nitrogens with one attached hydrogen (secondary N) is 1. The second-order valence-corrected chi connectivity index (χ2v) is 5.44. The Hall–Kier alpha value is -1.55. The van der Waals surface area contributed by atoms with E-state index >= 15 is 0 Å². The highest BCUT2D eigenvalue weighted by molar-refractivity contribution is 6.31. The molecule has 1 aliphatic rings. The number of piperidine rings is 1. The van der Waals surface area contributed by atoms with Crippen molar-refractivity contribution in [3.05, 3.63) is 34.9 Å². The van der Waals surface area contributed by atoms with Gasteiger partial charge in [-0.2, -0.15) is 0 Å². The molecule has 0 aliphatic carbocycles. The van der Waals surface area contributed by atoms with Crippen molar-refractivity contribution in [1.29, 1.82) is 0 Å². The predicted octanol–water partition coefficient (Wildman–Crippen LogP) is 1.87. The number of benzene rings is 1. The number of halogens is 1. The number of rotatable bonds is 3. The summed E-state index contributed by atoms with van der Waals surface area (Å²) < 4.78 is 0. The molecule has 1 aromatic rings. The fraction of sp³-hybridized carbons (Fsp3) is 0.467. The summed E-state index contributed by atoms with van der Waals surface area (Å²) in [5, 5.41) is 3.29. The van der Waals surface area contributed by atoms with Crippen molar-refractivity contribution in [3.63, 3.8) is 0 Å². The first-order valence-electron chi connectivity index (χ1n) is 6.84. The summed E-state index contributed by atoms with van der Waals surface area (Å²) in [5.41, 5.74) is 0.854. The van der Waals surface area contributed by atoms with Gasteiger partial charge in [0.25, 0.3) is 0 Å². The minimum Gasteiger partial charge on any atom is -0.359 e. The third-order valence-electron chi connectivity index (χ3n) is 3.76. The van der Waals surface area contributed by atoms with Crippen LogP contribution in [0.1, 0.15) is 18.4 Å². The number of nitrogens with zero attached hydrogens (tertiary/aromatic N) is 1. The third kappa shape index (κ3) is 3.51. The predicted molar refractivity (Wildman–Crippen MR) is 78.5 cm³/mol. The lowest BCUT2D eigenvalue weighted by Gasteiger charge is -2.31. The summed E-state index contributed by atoms with van der Waals surface area (Å²) in [6, 6.07) is 7.40. The van der Waals surface area contributed by atoms with Gasteiger partial charge in [-0.25, -0.2) is 0 Å². The van der Waals surface area contributed by atoms with Gasteiger partial charge in [0.2, 0.25) is 11.8 Å². The Labute approximate surface area is 124 Å². The van der Waals surface area contributed by atoms with Crippen LogP contribution in [0.2, 0.25) is 5.02 Å². The molecule has 0 spiro atoms. The number of hydrogen-bond acceptors (Lipinski definition) is 2. The van der Waals surface area contributed by atoms with E-state index in [2.05, 4.69) is 5.32 Å². The van der Waals surface area contributed by atoms with Crippen LogP contribution in [-0.2, 0) is 16.0 Å². The quantitative estimate of drug-likeness (QED) is 0.925. The molecule has 1 aromatic carbocycles. The lowest BCUT2D eigenvalue weighted by molar-refractivity contribution is -0.134. The zero-order valence-corrected chi connectivity index (χ0v) is 12.3. The molecule has 4 nitrogen and oxygen atoms in total. The molecule has 0 atom stereocenters. The van der Waals surface area contributed by atoms with Crippen molar-refractivity contribution in [2.24, 2.45) is 5.92 Å². The molecule has 5 heteroatoms. The lowest BCUT2D eigenvalue weighted by atomic mass is 9.95. The van der Waals surface area contributed by atoms with Gasteiger partial charge in [-0.15, -0.1) is 0 Å². The van der Waals surface area contributed by atoms with Crippen molar-refractivity contribution < 1.29 is 9.59 Å². The highest BCUT2D eigenvalue weighted by Crippen LogP contribution is 2.20. The zero-order valence-electron chi connectivity index (χ0n) is 11.6. The largest absolute Gasteiger partial charge is 0.359 e. The highest BCUT2D eigenvalue weighted by Gasteiger charge is 2.26. The van der Waals surface area contributed by atoms with Crippen LogP contribution in [-0.4, -0.2) is 36.9 Å². The van der Waals surface area contributed by atoms with E-state index in [9.17, 15) is 9.59 Å². The molecule has 108 valence electrons. The molecule has 1 fully saturated rings. The fourth-order valence-electron chi connectivity index (χ4n) is 2.51. The van der Waals surface area contributed by atoms with E-state index in [4.69, 9.17) is 11.6 Å². The van der Waals surface area contributed by atoms with E-state index in [0.717, 1.165) is 18.4 Å². The molecule has 20 heavy (non-hydrogen) atoms. The van der Waals surface area contributed by atoms with E-state index in [-0.39, 0.29) is 17.7 Å². The summed E-state index contributed by atoms with van der Waals surface area (Å²) >= 11 is 6.07. The van der Waals surface area contributed by atoms with E-state index < -0.39 is 0 Å². The maximum atomic E-state index is 12.2. The minimum absolute atomic E-state index is 0.0318. The Morgan fingerprint density at radius 1 is 1.30 bits per heavy atom. The Morgan fingerprint density at radius 3 is 2.55 bits per heavy atom. The SMILES string of the molecule is CNC(=O)C1CCN(C(=O)Cc2ccccc2Cl)CC1. The molecular weight excluding hydrogens is 276 g/mol. The highest BCUT2D eigenvalue weighted by atomic mass is 35.5. The molecule has 1 N–H and O–H groups in total. The molecule has 1 heterocycles. The summed E-state index contributed by atoms with van der Waals surface area (Å²) in [7, 11) is 1.65. The van der Waals surface area contributed by atoms with Crippen molar-refractivity contribution in [2.75, 3.05) is 20.1 Å². The number of carbonyl (C=O) groups excluding carboxylic acids is 2. The average Bonchev–Trinajstić information content (AvgIpc) is 2.49. The molecule has 0 radical (unpaired) electrons. The van der Waals surface area contributed by atoms with Gasteiger partial charge in [-0.1, -0.05) is 29.8 Å². The van der Waals surface area contributed by atoms with Crippen LogP contribution in [0.3, 0.4) is 0 Å². The Balaban J connectivity index is 1.89. The van der Waals surface area contributed by atoms with Crippen molar-refractivity contribution >= 4 is 23.4 Å². The maximum absolute atomic E-state index is 12.2. The fourth-order valence-corrected chi connectivity index (χ4v) is 2.71. The molecule has 0 aromatic heterocycles. The van der Waals surface area contributed by atoms with Crippen LogP contribution in [0.5, 0.6) is 0 Å². The topological polar surface area (TPSA) is 49.4 Å². The Kier molecular flexibility index (Phi) is 5.01. The second kappa shape index (κ2) is 6.75. The van der Waals surface area contributed by atoms with Crippen LogP contribution in [0.4, 0.5) is 0 Å². The van der Waals surface area contributed by atoms with Crippen LogP contribution in [0.25, 0.3) is 0 Å². The summed E-state index contributed by atoms with van der Waals surface area (Å²) in [6.07, 6.45) is 1.78. The average molecular weight is 295 g/mol. The zero-order chi connectivity index (χ0) is 14.5. The van der Waals surface area contributed by atoms with E-state index in [1.165, 1.54) is 0 Å². The van der Waals surface area contributed by atoms with Crippen LogP contribution < -0.4 is 5.32 Å². The molecule has 1 aliphatic heterocycles. The minimum atomic E-state index is 0.0318. The molecule has 0 unspecified atom stereocenters. The second-order valence-electron chi connectivity index (χ2n) is 5.04. The summed E-state index contributed by atoms with van der Waals surface area (Å²) in [5.74, 6) is 0.182. The molecule has 0 bridgehead atoms. The van der Waals surface area contributed by atoms with Crippen LogP contribution in [0.15, 0.2) is 24.3 Å². The number of amides is 2. The summed E-state index contributed by atoms with van der Waals surface area (Å²) in [6.45, 7) is 1.28. The molecular formula is C15H19ClN2O2. The Morgan fingerprint density at radius 2 is 1.95 bits per heavy atom. The van der Waals surface area contributed by atoms with Crippen LogP contribution >= 0.6 is 11.6 Å². The number of hydrogen-bond donors (Lipinski definition) is 1. The smallest absolute Gasteiger partial charge is 0.227 e. The van der Waals surface area contributed by atoms with Gasteiger partial charge in [0.1, 0.15) is 0 Å². The number of likely N-dealkylation sites (tertiary alicyclic amines) is 1. The van der Waals surface area contributed by atoms with Crippen molar-refractivity contribution in [1.82, 2.24) is 10.2 Å². The molecule has 0 saturated carbocycles. The van der Waals surface area contributed by atoms with Gasteiger partial charge in [0, 0.05) is 31.1 Å². The van der Waals surface area contributed by atoms with Gasteiger partial charge in [-0.05, 0) is 24.5 Å². The molecule has 1 saturated heterocycles. The monoisotopic (exact) mass is 294 g/mol. The van der Waals surface area contributed by atoms with Crippen molar-refractivity contribution in [3.8, 4) is 0 Å². The molecule has 2 amide bonds. The summed E-state index contributed by atoms with van der Waals surface area (Å²) in [4.78, 5) is 25.6. The normalized spacial score (nSPS) is 16.0.